The summed E-state index contributed by atoms with van der Waals surface area (Å²) in [5, 5.41) is 16.7. The van der Waals surface area contributed by atoms with E-state index in [2.05, 4.69) is 25.8 Å². The van der Waals surface area contributed by atoms with Crippen LogP contribution in [0.2, 0.25) is 0 Å². The predicted octanol–water partition coefficient (Wildman–Crippen LogP) is 3.71. The lowest BCUT2D eigenvalue weighted by molar-refractivity contribution is 0.102. The number of halogens is 1. The van der Waals surface area contributed by atoms with Crippen molar-refractivity contribution in [3.05, 3.63) is 75.8 Å². The van der Waals surface area contributed by atoms with Crippen LogP contribution in [0.4, 0.5) is 10.1 Å². The molecular weight excluding hydrogens is 407 g/mol. The molecule has 4 aromatic rings. The predicted molar refractivity (Wildman–Crippen MR) is 109 cm³/mol. The fraction of sp³-hybridized carbons (Fsp3) is 0.150. The Morgan fingerprint density at radius 2 is 2.10 bits per heavy atom. The Bertz CT molecular complexity index is 1210. The summed E-state index contributed by atoms with van der Waals surface area (Å²) in [7, 11) is 0. The van der Waals surface area contributed by atoms with Crippen LogP contribution in [0.1, 0.15) is 26.9 Å². The Balaban J connectivity index is 1.49. The van der Waals surface area contributed by atoms with Gasteiger partial charge in [-0.15, -0.1) is 16.4 Å². The number of hydrogen-bond donors (Lipinski definition) is 1. The number of thiazole rings is 1. The normalized spacial score (nSPS) is 10.8. The molecule has 10 heteroatoms. The van der Waals surface area contributed by atoms with E-state index in [1.165, 1.54) is 22.9 Å². The second-order valence-electron chi connectivity index (χ2n) is 6.43. The van der Waals surface area contributed by atoms with Crippen molar-refractivity contribution >= 4 is 22.9 Å². The van der Waals surface area contributed by atoms with Crippen LogP contribution in [0.15, 0.2) is 47.8 Å². The monoisotopic (exact) mass is 424 g/mol. The molecule has 8 nitrogen and oxygen atoms in total. The number of aromatic nitrogens is 5. The molecule has 0 spiro atoms. The van der Waals surface area contributed by atoms with Crippen molar-refractivity contribution in [1.29, 1.82) is 0 Å². The summed E-state index contributed by atoms with van der Waals surface area (Å²) in [6.45, 7) is 3.95. The summed E-state index contributed by atoms with van der Waals surface area (Å²) < 4.78 is 21.4. The van der Waals surface area contributed by atoms with Gasteiger partial charge in [-0.3, -0.25) is 4.79 Å². The van der Waals surface area contributed by atoms with Crippen LogP contribution in [-0.4, -0.2) is 31.1 Å². The fourth-order valence-corrected chi connectivity index (χ4v) is 3.36. The van der Waals surface area contributed by atoms with E-state index in [1.807, 2.05) is 12.3 Å². The molecule has 0 bridgehead atoms. The van der Waals surface area contributed by atoms with Crippen LogP contribution in [0.3, 0.4) is 0 Å². The highest BCUT2D eigenvalue weighted by atomic mass is 32.1. The number of aryl methyl sites for hydroxylation is 2. The molecule has 0 aliphatic rings. The highest BCUT2D eigenvalue weighted by Crippen LogP contribution is 2.21. The van der Waals surface area contributed by atoms with E-state index in [-0.39, 0.29) is 5.69 Å². The Morgan fingerprint density at radius 3 is 2.83 bits per heavy atom. The first-order chi connectivity index (χ1) is 14.5. The van der Waals surface area contributed by atoms with E-state index in [9.17, 15) is 9.18 Å². The lowest BCUT2D eigenvalue weighted by Gasteiger charge is -2.10. The first kappa shape index (κ1) is 19.6. The fourth-order valence-electron chi connectivity index (χ4n) is 2.76. The first-order valence-corrected chi connectivity index (χ1v) is 9.88. The summed E-state index contributed by atoms with van der Waals surface area (Å²) >= 11 is 1.55. The second kappa shape index (κ2) is 8.37. The third kappa shape index (κ3) is 4.33. The third-order valence-electron chi connectivity index (χ3n) is 4.22. The molecule has 0 saturated carbocycles. The Kier molecular flexibility index (Phi) is 5.48. The molecule has 0 unspecified atom stereocenters. The number of ether oxygens (including phenoxy) is 1. The van der Waals surface area contributed by atoms with Crippen molar-refractivity contribution in [3.63, 3.8) is 0 Å². The van der Waals surface area contributed by atoms with E-state index >= 15 is 0 Å². The van der Waals surface area contributed by atoms with Crippen molar-refractivity contribution in [1.82, 2.24) is 25.2 Å². The molecule has 2 heterocycles. The molecule has 0 fully saturated rings. The average Bonchev–Trinajstić information content (AvgIpc) is 3.36. The quantitative estimate of drug-likeness (QED) is 0.507. The molecule has 1 amide bonds. The molecule has 0 atom stereocenters. The maximum atomic E-state index is 14.3. The minimum Gasteiger partial charge on any atom is -0.487 e. The van der Waals surface area contributed by atoms with E-state index in [0.717, 1.165) is 10.7 Å². The van der Waals surface area contributed by atoms with E-state index in [0.29, 0.717) is 29.4 Å². The van der Waals surface area contributed by atoms with Gasteiger partial charge in [-0.25, -0.2) is 9.37 Å². The van der Waals surface area contributed by atoms with Gasteiger partial charge in [0.2, 0.25) is 0 Å². The molecule has 0 aliphatic carbocycles. The molecule has 0 saturated heterocycles. The van der Waals surface area contributed by atoms with Crippen LogP contribution >= 0.6 is 11.3 Å². The number of amides is 1. The summed E-state index contributed by atoms with van der Waals surface area (Å²) in [4.78, 5) is 17.0. The van der Waals surface area contributed by atoms with Crippen LogP contribution < -0.4 is 10.1 Å². The smallest absolute Gasteiger partial charge is 0.255 e. The number of nitrogens with one attached hydrogen (secondary N) is 1. The molecule has 1 N–H and O–H groups in total. The molecule has 0 aliphatic heterocycles. The summed E-state index contributed by atoms with van der Waals surface area (Å²) in [5.74, 6) is 0.0319. The van der Waals surface area contributed by atoms with Gasteiger partial charge in [-0.05, 0) is 60.7 Å². The van der Waals surface area contributed by atoms with Crippen molar-refractivity contribution in [2.24, 2.45) is 0 Å². The summed E-state index contributed by atoms with van der Waals surface area (Å²) in [6.07, 6.45) is 0. The SMILES string of the molecule is Cc1nc(COc2cccc(C(=O)Nc3cc(-n4nnnc4C)ccc3F)c2)cs1. The molecule has 30 heavy (non-hydrogen) atoms. The number of carbonyl (C=O) groups excluding carboxylic acids is 1. The number of hydrogen-bond acceptors (Lipinski definition) is 7. The van der Waals surface area contributed by atoms with Crippen LogP contribution in [0, 0.1) is 19.7 Å². The van der Waals surface area contributed by atoms with Crippen molar-refractivity contribution < 1.29 is 13.9 Å². The van der Waals surface area contributed by atoms with Gasteiger partial charge in [0.15, 0.2) is 5.82 Å². The van der Waals surface area contributed by atoms with E-state index in [4.69, 9.17) is 4.74 Å². The summed E-state index contributed by atoms with van der Waals surface area (Å²) in [5.41, 5.74) is 1.72. The van der Waals surface area contributed by atoms with E-state index < -0.39 is 11.7 Å². The van der Waals surface area contributed by atoms with Gasteiger partial charge in [-0.1, -0.05) is 6.07 Å². The highest BCUT2D eigenvalue weighted by Gasteiger charge is 2.13. The van der Waals surface area contributed by atoms with Gasteiger partial charge in [0.1, 0.15) is 18.2 Å². The van der Waals surface area contributed by atoms with Crippen molar-refractivity contribution in [3.8, 4) is 11.4 Å². The lowest BCUT2D eigenvalue weighted by Crippen LogP contribution is -2.14. The van der Waals surface area contributed by atoms with Gasteiger partial charge < -0.3 is 10.1 Å². The van der Waals surface area contributed by atoms with Gasteiger partial charge >= 0.3 is 0 Å². The van der Waals surface area contributed by atoms with Crippen LogP contribution in [-0.2, 0) is 6.61 Å². The van der Waals surface area contributed by atoms with Gasteiger partial charge in [0, 0.05) is 10.9 Å². The largest absolute Gasteiger partial charge is 0.487 e. The van der Waals surface area contributed by atoms with Gasteiger partial charge in [-0.2, -0.15) is 4.68 Å². The zero-order valence-electron chi connectivity index (χ0n) is 16.2. The average molecular weight is 424 g/mol. The highest BCUT2D eigenvalue weighted by molar-refractivity contribution is 7.09. The molecular formula is C20H17FN6O2S. The number of nitrogens with zero attached hydrogens (tertiary/aromatic N) is 5. The Morgan fingerprint density at radius 1 is 1.23 bits per heavy atom. The standard InChI is InChI=1S/C20H17FN6O2S/c1-12-24-25-26-27(12)16-6-7-18(21)19(9-16)23-20(28)14-4-3-5-17(8-14)29-10-15-11-30-13(2)22-15/h3-9,11H,10H2,1-2H3,(H,23,28). The van der Waals surface area contributed by atoms with Gasteiger partial charge in [0.25, 0.3) is 5.91 Å². The Labute approximate surface area is 175 Å². The molecule has 4 rings (SSSR count). The minimum absolute atomic E-state index is 0.0247. The Hall–Kier alpha value is -3.66. The molecule has 152 valence electrons. The zero-order valence-corrected chi connectivity index (χ0v) is 17.0. The topological polar surface area (TPSA) is 94.8 Å². The number of anilines is 1. The number of benzene rings is 2. The number of tetrazole rings is 1. The maximum absolute atomic E-state index is 14.3. The number of rotatable bonds is 6. The van der Waals surface area contributed by atoms with Gasteiger partial charge in [0.05, 0.1) is 22.1 Å². The van der Waals surface area contributed by atoms with Crippen molar-refractivity contribution in [2.75, 3.05) is 5.32 Å². The zero-order chi connectivity index (χ0) is 21.1. The number of carbonyl (C=O) groups is 1. The maximum Gasteiger partial charge on any atom is 0.255 e. The van der Waals surface area contributed by atoms with Crippen LogP contribution in [0.25, 0.3) is 5.69 Å². The minimum atomic E-state index is -0.566. The molecule has 2 aromatic carbocycles. The molecule has 0 radical (unpaired) electrons. The van der Waals surface area contributed by atoms with Crippen LogP contribution in [0.5, 0.6) is 5.75 Å². The van der Waals surface area contributed by atoms with E-state index in [1.54, 1.807) is 42.5 Å². The van der Waals surface area contributed by atoms with Crippen molar-refractivity contribution in [2.45, 2.75) is 20.5 Å². The second-order valence-corrected chi connectivity index (χ2v) is 7.49. The lowest BCUT2D eigenvalue weighted by atomic mass is 10.2. The first-order valence-electron chi connectivity index (χ1n) is 9.00. The third-order valence-corrected chi connectivity index (χ3v) is 5.04. The molecule has 2 aromatic heterocycles. The summed E-state index contributed by atoms with van der Waals surface area (Å²) in [6, 6.07) is 10.9.